The Morgan fingerprint density at radius 3 is 0.563 bits per heavy atom. The van der Waals surface area contributed by atoms with E-state index >= 15 is 0 Å². The third-order valence-corrected chi connectivity index (χ3v) is 15.1. The summed E-state index contributed by atoms with van der Waals surface area (Å²) in [4.78, 5) is 38.2. The lowest BCUT2D eigenvalue weighted by molar-refractivity contribution is -0.167. The molecule has 422 valence electrons. The second-order valence-electron chi connectivity index (χ2n) is 22.4. The van der Waals surface area contributed by atoms with Gasteiger partial charge in [0.25, 0.3) is 0 Å². The van der Waals surface area contributed by atoms with Gasteiger partial charge in [-0.15, -0.1) is 0 Å². The van der Waals surface area contributed by atoms with Crippen molar-refractivity contribution in [2.75, 3.05) is 13.2 Å². The number of carbonyl (C=O) groups is 3. The maximum Gasteiger partial charge on any atom is 0.306 e. The summed E-state index contributed by atoms with van der Waals surface area (Å²) in [5.41, 5.74) is 0. The van der Waals surface area contributed by atoms with Crippen molar-refractivity contribution in [2.24, 2.45) is 0 Å². The second-order valence-corrected chi connectivity index (χ2v) is 22.4. The van der Waals surface area contributed by atoms with Gasteiger partial charge in [0.1, 0.15) is 13.2 Å². The molecule has 0 saturated carbocycles. The predicted octanol–water partition coefficient (Wildman–Crippen LogP) is 21.9. The molecule has 0 saturated heterocycles. The van der Waals surface area contributed by atoms with Crippen molar-refractivity contribution in [3.63, 3.8) is 0 Å². The molecule has 0 aliphatic carbocycles. The fraction of sp³-hybridized carbons (Fsp3) is 0.954. The van der Waals surface area contributed by atoms with Gasteiger partial charge in [-0.2, -0.15) is 0 Å². The summed E-state index contributed by atoms with van der Waals surface area (Å²) in [5, 5.41) is 0. The zero-order valence-electron chi connectivity index (χ0n) is 48.5. The molecule has 0 radical (unpaired) electrons. The predicted molar refractivity (Wildman–Crippen MR) is 307 cm³/mol. The molecule has 6 heteroatoms. The first-order valence-electron chi connectivity index (χ1n) is 32.5. The molecular formula is C65H126O6. The Morgan fingerprint density at radius 2 is 0.380 bits per heavy atom. The highest BCUT2D eigenvalue weighted by Gasteiger charge is 2.19. The molecule has 1 unspecified atom stereocenters. The first kappa shape index (κ1) is 69.4. The van der Waals surface area contributed by atoms with Gasteiger partial charge in [0, 0.05) is 19.3 Å². The summed E-state index contributed by atoms with van der Waals surface area (Å²) >= 11 is 0. The van der Waals surface area contributed by atoms with Gasteiger partial charge < -0.3 is 14.2 Å². The van der Waals surface area contributed by atoms with Crippen LogP contribution in [0.1, 0.15) is 380 Å². The van der Waals surface area contributed by atoms with E-state index in [2.05, 4.69) is 20.8 Å². The lowest BCUT2D eigenvalue weighted by Gasteiger charge is -2.18. The van der Waals surface area contributed by atoms with E-state index < -0.39 is 6.10 Å². The summed E-state index contributed by atoms with van der Waals surface area (Å²) in [5.74, 6) is -0.830. The topological polar surface area (TPSA) is 78.9 Å². The highest BCUT2D eigenvalue weighted by molar-refractivity contribution is 5.71. The number of rotatable bonds is 61. The average molecular weight is 1000 g/mol. The Labute approximate surface area is 444 Å². The molecule has 0 fully saturated rings. The molecule has 71 heavy (non-hydrogen) atoms. The molecule has 0 aliphatic heterocycles. The molecule has 0 aliphatic rings. The summed E-state index contributed by atoms with van der Waals surface area (Å²) in [6, 6.07) is 0. The van der Waals surface area contributed by atoms with Gasteiger partial charge >= 0.3 is 17.9 Å². The summed E-state index contributed by atoms with van der Waals surface area (Å²) in [6.45, 7) is 6.71. The van der Waals surface area contributed by atoms with Crippen molar-refractivity contribution in [1.82, 2.24) is 0 Å². The van der Waals surface area contributed by atoms with E-state index in [9.17, 15) is 14.4 Å². The molecule has 0 aromatic heterocycles. The van der Waals surface area contributed by atoms with Crippen LogP contribution in [-0.2, 0) is 28.6 Å². The first-order chi connectivity index (χ1) is 35.0. The minimum Gasteiger partial charge on any atom is -0.462 e. The van der Waals surface area contributed by atoms with Gasteiger partial charge in [-0.3, -0.25) is 14.4 Å². The van der Waals surface area contributed by atoms with E-state index in [-0.39, 0.29) is 31.1 Å². The summed E-state index contributed by atoms with van der Waals surface area (Å²) in [6.07, 6.45) is 69.9. The number of hydrogen-bond acceptors (Lipinski definition) is 6. The second kappa shape index (κ2) is 61.0. The molecule has 0 bridgehead atoms. The Kier molecular flexibility index (Phi) is 59.6. The van der Waals surface area contributed by atoms with Crippen LogP contribution in [-0.4, -0.2) is 37.2 Å². The van der Waals surface area contributed by atoms with Crippen LogP contribution < -0.4 is 0 Å². The standard InChI is InChI=1S/C65H126O6/c1-4-7-10-13-16-19-21-23-25-27-29-31-33-35-37-39-41-43-46-49-52-55-58-64(67)70-61-62(60-69-63(66)57-54-51-48-45-18-15-12-9-6-3)71-65(68)59-56-53-50-47-44-42-40-38-36-34-32-30-28-26-24-22-20-17-14-11-8-5-2/h62H,4-61H2,1-3H3. The van der Waals surface area contributed by atoms with Gasteiger partial charge in [-0.25, -0.2) is 0 Å². The van der Waals surface area contributed by atoms with Crippen molar-refractivity contribution >= 4 is 17.9 Å². The fourth-order valence-electron chi connectivity index (χ4n) is 10.2. The molecule has 0 N–H and O–H groups in total. The van der Waals surface area contributed by atoms with E-state index in [0.717, 1.165) is 57.8 Å². The third kappa shape index (κ3) is 59.2. The normalized spacial score (nSPS) is 11.9. The fourth-order valence-corrected chi connectivity index (χ4v) is 10.2. The van der Waals surface area contributed by atoms with Gasteiger partial charge in [0.15, 0.2) is 6.10 Å². The Bertz CT molecular complexity index is 1060. The van der Waals surface area contributed by atoms with Crippen LogP contribution in [0.15, 0.2) is 0 Å². The Balaban J connectivity index is 4.13. The average Bonchev–Trinajstić information content (AvgIpc) is 3.37. The van der Waals surface area contributed by atoms with Gasteiger partial charge in [0.2, 0.25) is 0 Å². The van der Waals surface area contributed by atoms with Crippen LogP contribution in [0, 0.1) is 0 Å². The van der Waals surface area contributed by atoms with Crippen LogP contribution in [0.4, 0.5) is 0 Å². The quantitative estimate of drug-likeness (QED) is 0.0343. The van der Waals surface area contributed by atoms with Crippen molar-refractivity contribution in [2.45, 2.75) is 386 Å². The number of unbranched alkanes of at least 4 members (excludes halogenated alkanes) is 50. The van der Waals surface area contributed by atoms with E-state index in [1.807, 2.05) is 0 Å². The molecule has 6 nitrogen and oxygen atoms in total. The molecule has 1 atom stereocenters. The maximum atomic E-state index is 12.9. The van der Waals surface area contributed by atoms with E-state index in [1.54, 1.807) is 0 Å². The number of hydrogen-bond donors (Lipinski definition) is 0. The number of esters is 3. The maximum absolute atomic E-state index is 12.9. The van der Waals surface area contributed by atoms with E-state index in [1.165, 1.54) is 283 Å². The largest absolute Gasteiger partial charge is 0.462 e. The third-order valence-electron chi connectivity index (χ3n) is 15.1. The van der Waals surface area contributed by atoms with Crippen LogP contribution in [0.2, 0.25) is 0 Å². The molecule has 0 aromatic carbocycles. The van der Waals surface area contributed by atoms with Crippen LogP contribution in [0.5, 0.6) is 0 Å². The molecular weight excluding hydrogens is 877 g/mol. The monoisotopic (exact) mass is 1000 g/mol. The van der Waals surface area contributed by atoms with Crippen molar-refractivity contribution < 1.29 is 28.6 Å². The molecule has 0 amide bonds. The first-order valence-corrected chi connectivity index (χ1v) is 32.5. The number of carbonyl (C=O) groups excluding carboxylic acids is 3. The lowest BCUT2D eigenvalue weighted by Crippen LogP contribution is -2.30. The van der Waals surface area contributed by atoms with Crippen LogP contribution >= 0.6 is 0 Å². The minimum atomic E-state index is -0.761. The Hall–Kier alpha value is -1.59. The molecule has 0 aromatic rings. The van der Waals surface area contributed by atoms with Gasteiger partial charge in [-0.05, 0) is 19.3 Å². The smallest absolute Gasteiger partial charge is 0.306 e. The highest BCUT2D eigenvalue weighted by Crippen LogP contribution is 2.19. The van der Waals surface area contributed by atoms with Gasteiger partial charge in [0.05, 0.1) is 0 Å². The Morgan fingerprint density at radius 1 is 0.225 bits per heavy atom. The molecule has 0 spiro atoms. The van der Waals surface area contributed by atoms with Crippen molar-refractivity contribution in [3.8, 4) is 0 Å². The summed E-state index contributed by atoms with van der Waals surface area (Å²) < 4.78 is 16.9. The van der Waals surface area contributed by atoms with Crippen molar-refractivity contribution in [1.29, 1.82) is 0 Å². The zero-order valence-corrected chi connectivity index (χ0v) is 48.5. The van der Waals surface area contributed by atoms with Gasteiger partial charge in [-0.1, -0.05) is 342 Å². The minimum absolute atomic E-state index is 0.0610. The van der Waals surface area contributed by atoms with Crippen LogP contribution in [0.3, 0.4) is 0 Å². The van der Waals surface area contributed by atoms with Crippen LogP contribution in [0.25, 0.3) is 0 Å². The summed E-state index contributed by atoms with van der Waals surface area (Å²) in [7, 11) is 0. The number of ether oxygens (including phenoxy) is 3. The molecule has 0 heterocycles. The lowest BCUT2D eigenvalue weighted by atomic mass is 10.0. The van der Waals surface area contributed by atoms with Crippen molar-refractivity contribution in [3.05, 3.63) is 0 Å². The van der Waals surface area contributed by atoms with E-state index in [4.69, 9.17) is 14.2 Å². The SMILES string of the molecule is CCCCCCCCCCCCCCCCCCCCCCCCC(=O)OCC(COC(=O)CCCCCCCCCCC)OC(=O)CCCCCCCCCCCCCCCCCCCCCCCC. The highest BCUT2D eigenvalue weighted by atomic mass is 16.6. The van der Waals surface area contributed by atoms with E-state index in [0.29, 0.717) is 19.3 Å². The molecule has 0 rings (SSSR count). The zero-order chi connectivity index (χ0) is 51.4.